The van der Waals surface area contributed by atoms with Crippen LogP contribution in [-0.4, -0.2) is 65.5 Å². The van der Waals surface area contributed by atoms with Crippen molar-refractivity contribution in [3.8, 4) is 0 Å². The Morgan fingerprint density at radius 2 is 2.12 bits per heavy atom. The van der Waals surface area contributed by atoms with Crippen LogP contribution in [0.3, 0.4) is 0 Å². The standard InChI is InChI=1S/C8H11N3O6/c1-10-3-6(13)11(8(10)16)2-5(12)9-17-4-7(14)15/h2-4H2,1H3,(H,9,12)(H,14,15). The Bertz CT molecular complexity index is 368. The van der Waals surface area contributed by atoms with E-state index in [0.717, 1.165) is 9.80 Å². The number of hydroxylamine groups is 1. The maximum Gasteiger partial charge on any atom is 0.332 e. The lowest BCUT2D eigenvalue weighted by atomic mass is 10.5. The van der Waals surface area contributed by atoms with Crippen LogP contribution >= 0.6 is 0 Å². The number of hydrogen-bond donors (Lipinski definition) is 2. The van der Waals surface area contributed by atoms with Gasteiger partial charge in [-0.05, 0) is 0 Å². The van der Waals surface area contributed by atoms with Gasteiger partial charge in [0.15, 0.2) is 6.61 Å². The highest BCUT2D eigenvalue weighted by atomic mass is 16.7. The molecule has 1 saturated heterocycles. The second kappa shape index (κ2) is 5.25. The van der Waals surface area contributed by atoms with Crippen molar-refractivity contribution in [1.29, 1.82) is 0 Å². The van der Waals surface area contributed by atoms with Gasteiger partial charge >= 0.3 is 12.0 Å². The van der Waals surface area contributed by atoms with Crippen LogP contribution in [0.1, 0.15) is 0 Å². The van der Waals surface area contributed by atoms with E-state index in [9.17, 15) is 19.2 Å². The Hall–Kier alpha value is -2.16. The molecule has 94 valence electrons. The molecule has 1 fully saturated rings. The minimum absolute atomic E-state index is 0.0813. The van der Waals surface area contributed by atoms with Crippen LogP contribution in [0.2, 0.25) is 0 Å². The molecule has 0 radical (unpaired) electrons. The SMILES string of the molecule is CN1CC(=O)N(CC(=O)NOCC(=O)O)C1=O. The van der Waals surface area contributed by atoms with E-state index in [1.807, 2.05) is 5.48 Å². The third-order valence-corrected chi connectivity index (χ3v) is 1.91. The summed E-state index contributed by atoms with van der Waals surface area (Å²) in [5, 5.41) is 8.23. The van der Waals surface area contributed by atoms with E-state index in [4.69, 9.17) is 5.11 Å². The summed E-state index contributed by atoms with van der Waals surface area (Å²) in [6.45, 7) is -1.28. The molecule has 0 atom stereocenters. The van der Waals surface area contributed by atoms with Gasteiger partial charge in [-0.15, -0.1) is 0 Å². The fraction of sp³-hybridized carbons (Fsp3) is 0.500. The molecule has 2 N–H and O–H groups in total. The Morgan fingerprint density at radius 3 is 2.59 bits per heavy atom. The van der Waals surface area contributed by atoms with Gasteiger partial charge in [-0.1, -0.05) is 0 Å². The van der Waals surface area contributed by atoms with Crippen LogP contribution in [0.25, 0.3) is 0 Å². The van der Waals surface area contributed by atoms with E-state index < -0.39 is 37.0 Å². The van der Waals surface area contributed by atoms with E-state index in [0.29, 0.717) is 0 Å². The number of carboxylic acids is 1. The number of carbonyl (C=O) groups excluding carboxylic acids is 3. The van der Waals surface area contributed by atoms with Crippen LogP contribution in [0.5, 0.6) is 0 Å². The summed E-state index contributed by atoms with van der Waals surface area (Å²) in [4.78, 5) is 50.1. The molecular weight excluding hydrogens is 234 g/mol. The number of imide groups is 1. The quantitative estimate of drug-likeness (QED) is 0.428. The first-order valence-electron chi connectivity index (χ1n) is 4.59. The number of nitrogens with one attached hydrogen (secondary N) is 1. The first kappa shape index (κ1) is 12.9. The molecule has 0 saturated carbocycles. The van der Waals surface area contributed by atoms with Crippen molar-refractivity contribution in [2.45, 2.75) is 0 Å². The molecule has 9 nitrogen and oxygen atoms in total. The van der Waals surface area contributed by atoms with Crippen LogP contribution in [0.15, 0.2) is 0 Å². The van der Waals surface area contributed by atoms with Crippen molar-refractivity contribution in [2.75, 3.05) is 26.7 Å². The number of urea groups is 1. The zero-order chi connectivity index (χ0) is 13.0. The smallest absolute Gasteiger partial charge is 0.332 e. The lowest BCUT2D eigenvalue weighted by molar-refractivity contribution is -0.150. The molecule has 4 amide bonds. The van der Waals surface area contributed by atoms with Crippen LogP contribution in [0, 0.1) is 0 Å². The Kier molecular flexibility index (Phi) is 3.99. The third-order valence-electron chi connectivity index (χ3n) is 1.91. The van der Waals surface area contributed by atoms with Crippen LogP contribution < -0.4 is 5.48 Å². The van der Waals surface area contributed by atoms with Crippen molar-refractivity contribution in [3.63, 3.8) is 0 Å². The molecule has 0 aliphatic carbocycles. The van der Waals surface area contributed by atoms with Gasteiger partial charge in [0, 0.05) is 7.05 Å². The van der Waals surface area contributed by atoms with Gasteiger partial charge < -0.3 is 10.0 Å². The molecule has 17 heavy (non-hydrogen) atoms. The predicted molar refractivity (Wildman–Crippen MR) is 51.5 cm³/mol. The number of hydrogen-bond acceptors (Lipinski definition) is 5. The average Bonchev–Trinajstić information content (AvgIpc) is 2.44. The molecule has 0 aromatic heterocycles. The molecule has 0 aromatic carbocycles. The average molecular weight is 245 g/mol. The van der Waals surface area contributed by atoms with Gasteiger partial charge in [-0.2, -0.15) is 0 Å². The van der Waals surface area contributed by atoms with Crippen molar-refractivity contribution < 1.29 is 29.1 Å². The topological polar surface area (TPSA) is 116 Å². The number of amides is 4. The second-order valence-electron chi connectivity index (χ2n) is 3.33. The van der Waals surface area contributed by atoms with Crippen molar-refractivity contribution in [3.05, 3.63) is 0 Å². The number of aliphatic carboxylic acids is 1. The molecule has 1 heterocycles. The molecule has 0 bridgehead atoms. The summed E-state index contributed by atoms with van der Waals surface area (Å²) in [7, 11) is 1.43. The summed E-state index contributed by atoms with van der Waals surface area (Å²) in [6.07, 6.45) is 0. The minimum atomic E-state index is -1.25. The van der Waals surface area contributed by atoms with Gasteiger partial charge in [0.05, 0.1) is 0 Å². The number of carbonyl (C=O) groups is 4. The highest BCUT2D eigenvalue weighted by Crippen LogP contribution is 2.06. The summed E-state index contributed by atoms with van der Waals surface area (Å²) in [5.74, 6) is -2.52. The predicted octanol–water partition coefficient (Wildman–Crippen LogP) is -1.99. The monoisotopic (exact) mass is 245 g/mol. The second-order valence-corrected chi connectivity index (χ2v) is 3.33. The fourth-order valence-corrected chi connectivity index (χ4v) is 1.18. The maximum atomic E-state index is 11.3. The Morgan fingerprint density at radius 1 is 1.47 bits per heavy atom. The van der Waals surface area contributed by atoms with Crippen LogP contribution in [0.4, 0.5) is 4.79 Å². The summed E-state index contributed by atoms with van der Waals surface area (Å²) in [5.41, 5.74) is 1.81. The number of nitrogens with zero attached hydrogens (tertiary/aromatic N) is 2. The van der Waals surface area contributed by atoms with E-state index in [-0.39, 0.29) is 6.54 Å². The van der Waals surface area contributed by atoms with Gasteiger partial charge in [0.2, 0.25) is 0 Å². The van der Waals surface area contributed by atoms with Crippen LogP contribution in [-0.2, 0) is 19.2 Å². The summed E-state index contributed by atoms with van der Waals surface area (Å²) < 4.78 is 0. The lowest BCUT2D eigenvalue weighted by Gasteiger charge is -2.13. The molecule has 9 heteroatoms. The molecule has 0 unspecified atom stereocenters. The van der Waals surface area contributed by atoms with Gasteiger partial charge in [0.1, 0.15) is 13.1 Å². The Balaban J connectivity index is 2.38. The van der Waals surface area contributed by atoms with Crippen molar-refractivity contribution in [2.24, 2.45) is 0 Å². The normalized spacial score (nSPS) is 15.4. The van der Waals surface area contributed by atoms with E-state index >= 15 is 0 Å². The summed E-state index contributed by atoms with van der Waals surface area (Å²) in [6, 6.07) is -0.580. The zero-order valence-electron chi connectivity index (χ0n) is 9.00. The number of carboxylic acid groups (broad SMARTS) is 1. The van der Waals surface area contributed by atoms with Gasteiger partial charge in [-0.3, -0.25) is 19.3 Å². The first-order valence-corrected chi connectivity index (χ1v) is 4.59. The largest absolute Gasteiger partial charge is 0.479 e. The molecule has 0 spiro atoms. The molecule has 1 aliphatic heterocycles. The zero-order valence-corrected chi connectivity index (χ0v) is 9.00. The molecular formula is C8H11N3O6. The van der Waals surface area contributed by atoms with Crippen molar-refractivity contribution in [1.82, 2.24) is 15.3 Å². The number of likely N-dealkylation sites (N-methyl/N-ethyl adjacent to an activating group) is 1. The molecule has 0 aromatic rings. The maximum absolute atomic E-state index is 11.3. The highest BCUT2D eigenvalue weighted by molar-refractivity contribution is 6.04. The van der Waals surface area contributed by atoms with Crippen molar-refractivity contribution >= 4 is 23.8 Å². The van der Waals surface area contributed by atoms with Gasteiger partial charge in [0.25, 0.3) is 11.8 Å². The van der Waals surface area contributed by atoms with Gasteiger partial charge in [-0.25, -0.2) is 15.1 Å². The molecule has 1 rings (SSSR count). The first-order chi connectivity index (χ1) is 7.91. The van der Waals surface area contributed by atoms with E-state index in [1.165, 1.54) is 7.05 Å². The highest BCUT2D eigenvalue weighted by Gasteiger charge is 2.34. The fourth-order valence-electron chi connectivity index (χ4n) is 1.18. The molecule has 1 aliphatic rings. The number of rotatable bonds is 5. The Labute approximate surface area is 95.9 Å². The minimum Gasteiger partial charge on any atom is -0.479 e. The van der Waals surface area contributed by atoms with E-state index in [1.54, 1.807) is 0 Å². The lowest BCUT2D eigenvalue weighted by Crippen LogP contribution is -2.41. The summed E-state index contributed by atoms with van der Waals surface area (Å²) >= 11 is 0. The third kappa shape index (κ3) is 3.41. The van der Waals surface area contributed by atoms with E-state index in [2.05, 4.69) is 4.84 Å².